The quantitative estimate of drug-likeness (QED) is 0.522. The Morgan fingerprint density at radius 2 is 1.76 bits per heavy atom. The van der Waals surface area contributed by atoms with Gasteiger partial charge in [0.1, 0.15) is 0 Å². The summed E-state index contributed by atoms with van der Waals surface area (Å²) in [6, 6.07) is 0.853. The van der Waals surface area contributed by atoms with Crippen molar-refractivity contribution in [1.29, 1.82) is 0 Å². The van der Waals surface area contributed by atoms with Crippen molar-refractivity contribution >= 4 is 0 Å². The topological polar surface area (TPSA) is 33.7 Å². The minimum atomic E-state index is 0.808. The van der Waals surface area contributed by atoms with Gasteiger partial charge in [0.15, 0.2) is 0 Å². The van der Waals surface area contributed by atoms with Gasteiger partial charge in [0, 0.05) is 33.4 Å². The molecule has 1 rings (SSSR count). The molecule has 102 valence electrons. The summed E-state index contributed by atoms with van der Waals surface area (Å²) in [6.07, 6.45) is 5.30. The van der Waals surface area contributed by atoms with Crippen molar-refractivity contribution in [3.05, 3.63) is 0 Å². The van der Waals surface area contributed by atoms with Crippen LogP contribution in [0.3, 0.4) is 0 Å². The molecule has 0 bridgehead atoms. The number of nitrogens with one attached hydrogen (secondary N) is 1. The number of unbranched alkanes of at least 4 members (excludes halogenated alkanes) is 1. The van der Waals surface area contributed by atoms with Crippen LogP contribution >= 0.6 is 0 Å². The summed E-state index contributed by atoms with van der Waals surface area (Å²) in [5, 5.41) is 3.38. The Bertz CT molecular complexity index is 175. The molecular formula is C13H28N2O2. The van der Waals surface area contributed by atoms with E-state index in [0.29, 0.717) is 0 Å². The predicted molar refractivity (Wildman–Crippen MR) is 70.5 cm³/mol. The zero-order valence-corrected chi connectivity index (χ0v) is 11.4. The summed E-state index contributed by atoms with van der Waals surface area (Å²) in [4.78, 5) is 2.58. The van der Waals surface area contributed by atoms with E-state index in [2.05, 4.69) is 10.2 Å². The molecule has 0 unspecified atom stereocenters. The van der Waals surface area contributed by atoms with Crippen molar-refractivity contribution in [2.75, 3.05) is 53.6 Å². The van der Waals surface area contributed by atoms with Gasteiger partial charge in [0.05, 0.1) is 13.2 Å². The summed E-state index contributed by atoms with van der Waals surface area (Å²) in [6.45, 7) is 6.06. The second-order valence-electron chi connectivity index (χ2n) is 4.71. The molecule has 1 aliphatic carbocycles. The Hall–Kier alpha value is -0.160. The molecule has 0 amide bonds. The maximum atomic E-state index is 5.15. The molecule has 0 aromatic carbocycles. The third-order valence-electron chi connectivity index (χ3n) is 3.18. The van der Waals surface area contributed by atoms with Crippen molar-refractivity contribution in [2.24, 2.45) is 0 Å². The molecule has 0 saturated heterocycles. The van der Waals surface area contributed by atoms with E-state index < -0.39 is 0 Å². The molecule has 0 aromatic rings. The van der Waals surface area contributed by atoms with Gasteiger partial charge in [-0.2, -0.15) is 0 Å². The lowest BCUT2D eigenvalue weighted by Gasteiger charge is -2.21. The van der Waals surface area contributed by atoms with Crippen LogP contribution in [0.15, 0.2) is 0 Å². The van der Waals surface area contributed by atoms with E-state index in [0.717, 1.165) is 38.9 Å². The van der Waals surface area contributed by atoms with Crippen LogP contribution in [0.5, 0.6) is 0 Å². The van der Waals surface area contributed by atoms with E-state index in [4.69, 9.17) is 9.47 Å². The maximum Gasteiger partial charge on any atom is 0.0589 e. The highest BCUT2D eigenvalue weighted by atomic mass is 16.5. The molecule has 0 heterocycles. The standard InChI is InChI=1S/C13H28N2O2/c1-16-11-8-14-7-3-4-9-15(10-12-17-2)13-5-6-13/h13-14H,3-12H2,1-2H3. The van der Waals surface area contributed by atoms with Gasteiger partial charge in [-0.1, -0.05) is 0 Å². The lowest BCUT2D eigenvalue weighted by atomic mass is 10.3. The highest BCUT2D eigenvalue weighted by Crippen LogP contribution is 2.26. The SMILES string of the molecule is COCCNCCCCN(CCOC)C1CC1. The number of ether oxygens (including phenoxy) is 2. The van der Waals surface area contributed by atoms with E-state index in [1.165, 1.54) is 32.2 Å². The number of nitrogens with zero attached hydrogens (tertiary/aromatic N) is 1. The van der Waals surface area contributed by atoms with Gasteiger partial charge in [-0.05, 0) is 38.8 Å². The molecule has 1 fully saturated rings. The fraction of sp³-hybridized carbons (Fsp3) is 1.00. The second-order valence-corrected chi connectivity index (χ2v) is 4.71. The number of hydrogen-bond donors (Lipinski definition) is 1. The van der Waals surface area contributed by atoms with Crippen molar-refractivity contribution in [1.82, 2.24) is 10.2 Å². The molecule has 1 N–H and O–H groups in total. The first kappa shape index (κ1) is 14.9. The smallest absolute Gasteiger partial charge is 0.0589 e. The zero-order valence-electron chi connectivity index (χ0n) is 11.4. The van der Waals surface area contributed by atoms with E-state index in [9.17, 15) is 0 Å². The van der Waals surface area contributed by atoms with Crippen LogP contribution in [0, 0.1) is 0 Å². The van der Waals surface area contributed by atoms with Crippen molar-refractivity contribution in [3.8, 4) is 0 Å². The minimum absolute atomic E-state index is 0.808. The third kappa shape index (κ3) is 7.71. The molecule has 1 aliphatic rings. The van der Waals surface area contributed by atoms with Gasteiger partial charge >= 0.3 is 0 Å². The van der Waals surface area contributed by atoms with Crippen LogP contribution in [0.4, 0.5) is 0 Å². The Balaban J connectivity index is 1.91. The Labute approximate surface area is 106 Å². The van der Waals surface area contributed by atoms with Crippen LogP contribution in [-0.2, 0) is 9.47 Å². The van der Waals surface area contributed by atoms with Gasteiger partial charge in [-0.3, -0.25) is 4.90 Å². The van der Waals surface area contributed by atoms with Gasteiger partial charge in [0.25, 0.3) is 0 Å². The van der Waals surface area contributed by atoms with E-state index in [1.54, 1.807) is 14.2 Å². The van der Waals surface area contributed by atoms with Gasteiger partial charge in [0.2, 0.25) is 0 Å². The van der Waals surface area contributed by atoms with Gasteiger partial charge in [-0.15, -0.1) is 0 Å². The summed E-state index contributed by atoms with van der Waals surface area (Å²) in [5.74, 6) is 0. The highest BCUT2D eigenvalue weighted by Gasteiger charge is 2.27. The first-order valence-corrected chi connectivity index (χ1v) is 6.81. The molecular weight excluding hydrogens is 216 g/mol. The van der Waals surface area contributed by atoms with Gasteiger partial charge < -0.3 is 14.8 Å². The van der Waals surface area contributed by atoms with Gasteiger partial charge in [-0.25, -0.2) is 0 Å². The Kier molecular flexibility index (Phi) is 8.61. The summed E-state index contributed by atoms with van der Waals surface area (Å²) in [7, 11) is 3.52. The normalized spacial score (nSPS) is 15.7. The number of methoxy groups -OCH3 is 2. The molecule has 4 heteroatoms. The molecule has 0 aromatic heterocycles. The van der Waals surface area contributed by atoms with Crippen LogP contribution in [0.2, 0.25) is 0 Å². The molecule has 0 radical (unpaired) electrons. The fourth-order valence-electron chi connectivity index (χ4n) is 1.99. The molecule has 0 atom stereocenters. The lowest BCUT2D eigenvalue weighted by Crippen LogP contribution is -2.31. The molecule has 0 aliphatic heterocycles. The number of rotatable bonds is 12. The highest BCUT2D eigenvalue weighted by molar-refractivity contribution is 4.84. The Morgan fingerprint density at radius 1 is 1.00 bits per heavy atom. The van der Waals surface area contributed by atoms with Crippen LogP contribution in [0.25, 0.3) is 0 Å². The van der Waals surface area contributed by atoms with Crippen LogP contribution in [-0.4, -0.2) is 64.6 Å². The predicted octanol–water partition coefficient (Wildman–Crippen LogP) is 1.11. The van der Waals surface area contributed by atoms with Crippen LogP contribution < -0.4 is 5.32 Å². The average molecular weight is 244 g/mol. The second kappa shape index (κ2) is 9.83. The van der Waals surface area contributed by atoms with Crippen molar-refractivity contribution < 1.29 is 9.47 Å². The summed E-state index contributed by atoms with van der Waals surface area (Å²) < 4.78 is 10.1. The van der Waals surface area contributed by atoms with Crippen molar-refractivity contribution in [3.63, 3.8) is 0 Å². The monoisotopic (exact) mass is 244 g/mol. The Morgan fingerprint density at radius 3 is 2.41 bits per heavy atom. The first-order valence-electron chi connectivity index (χ1n) is 6.81. The molecule has 1 saturated carbocycles. The average Bonchev–Trinajstić information content (AvgIpc) is 3.16. The summed E-state index contributed by atoms with van der Waals surface area (Å²) in [5.41, 5.74) is 0. The van der Waals surface area contributed by atoms with Crippen LogP contribution in [0.1, 0.15) is 25.7 Å². The maximum absolute atomic E-state index is 5.15. The van der Waals surface area contributed by atoms with Crippen molar-refractivity contribution in [2.45, 2.75) is 31.7 Å². The first-order chi connectivity index (χ1) is 8.38. The third-order valence-corrected chi connectivity index (χ3v) is 3.18. The largest absolute Gasteiger partial charge is 0.383 e. The lowest BCUT2D eigenvalue weighted by molar-refractivity contribution is 0.142. The number of hydrogen-bond acceptors (Lipinski definition) is 4. The summed E-state index contributed by atoms with van der Waals surface area (Å²) >= 11 is 0. The minimum Gasteiger partial charge on any atom is -0.383 e. The molecule has 17 heavy (non-hydrogen) atoms. The van der Waals surface area contributed by atoms with E-state index in [1.807, 2.05) is 0 Å². The molecule has 4 nitrogen and oxygen atoms in total. The zero-order chi connectivity index (χ0) is 12.3. The fourth-order valence-corrected chi connectivity index (χ4v) is 1.99. The molecule has 0 spiro atoms. The van der Waals surface area contributed by atoms with E-state index in [-0.39, 0.29) is 0 Å². The van der Waals surface area contributed by atoms with E-state index >= 15 is 0 Å².